The molecule has 0 radical (unpaired) electrons. The Morgan fingerprint density at radius 3 is 2.38 bits per heavy atom. The standard InChI is InChI=1S/C29H31NO7/c1-5-36-28(33)23-16(3)30-20-15-19(17-10-8-7-9-11-17)25(29(34)37-6-2)27(32)26(20)24(23)18-12-13-21(31)22(14-18)35-4/h7-14,19,24-25,30-31H,5-6,15H2,1-4H3. The second kappa shape index (κ2) is 10.9. The Balaban J connectivity index is 1.92. The molecule has 2 aliphatic rings. The van der Waals surface area contributed by atoms with Crippen LogP contribution in [0.1, 0.15) is 50.2 Å². The first-order valence-corrected chi connectivity index (χ1v) is 12.3. The Labute approximate surface area is 215 Å². The lowest BCUT2D eigenvalue weighted by atomic mass is 9.67. The predicted octanol–water partition coefficient (Wildman–Crippen LogP) is 4.11. The highest BCUT2D eigenvalue weighted by Crippen LogP contribution is 2.49. The van der Waals surface area contributed by atoms with Crippen LogP contribution in [0.15, 0.2) is 71.1 Å². The second-order valence-electron chi connectivity index (χ2n) is 8.96. The lowest BCUT2D eigenvalue weighted by Gasteiger charge is -2.39. The first kappa shape index (κ1) is 26.0. The summed E-state index contributed by atoms with van der Waals surface area (Å²) in [5, 5.41) is 13.5. The van der Waals surface area contributed by atoms with Crippen LogP contribution < -0.4 is 10.1 Å². The summed E-state index contributed by atoms with van der Waals surface area (Å²) in [5.74, 6) is -3.79. The van der Waals surface area contributed by atoms with Crippen molar-refractivity contribution in [3.63, 3.8) is 0 Å². The topological polar surface area (TPSA) is 111 Å². The Hall–Kier alpha value is -4.07. The molecule has 3 unspecified atom stereocenters. The van der Waals surface area contributed by atoms with Gasteiger partial charge in [-0.1, -0.05) is 36.4 Å². The van der Waals surface area contributed by atoms with Gasteiger partial charge in [-0.05, 0) is 50.5 Å². The van der Waals surface area contributed by atoms with Crippen LogP contribution in [0.25, 0.3) is 0 Å². The summed E-state index contributed by atoms with van der Waals surface area (Å²) in [6.07, 6.45) is 0.369. The molecule has 194 valence electrons. The number of hydrogen-bond donors (Lipinski definition) is 2. The number of nitrogens with one attached hydrogen (secondary N) is 1. The van der Waals surface area contributed by atoms with Crippen molar-refractivity contribution in [3.05, 3.63) is 82.2 Å². The number of ether oxygens (including phenoxy) is 3. The van der Waals surface area contributed by atoms with Crippen LogP contribution in [0.2, 0.25) is 0 Å². The minimum Gasteiger partial charge on any atom is -0.504 e. The number of methoxy groups -OCH3 is 1. The van der Waals surface area contributed by atoms with Gasteiger partial charge in [0.2, 0.25) is 0 Å². The van der Waals surface area contributed by atoms with E-state index in [9.17, 15) is 19.5 Å². The third kappa shape index (κ3) is 4.83. The Morgan fingerprint density at radius 2 is 1.73 bits per heavy atom. The number of benzene rings is 2. The van der Waals surface area contributed by atoms with E-state index in [0.29, 0.717) is 29.0 Å². The van der Waals surface area contributed by atoms with Crippen molar-refractivity contribution in [1.82, 2.24) is 5.32 Å². The fraction of sp³-hybridized carbons (Fsp3) is 0.345. The monoisotopic (exact) mass is 505 g/mol. The molecule has 1 aliphatic heterocycles. The lowest BCUT2D eigenvalue weighted by Crippen LogP contribution is -2.43. The number of phenols is 1. The number of ketones is 1. The van der Waals surface area contributed by atoms with E-state index < -0.39 is 35.5 Å². The molecule has 0 bridgehead atoms. The number of rotatable bonds is 7. The number of aromatic hydroxyl groups is 1. The van der Waals surface area contributed by atoms with Crippen molar-refractivity contribution in [2.75, 3.05) is 20.3 Å². The Bertz CT molecular complexity index is 1280. The molecule has 0 saturated carbocycles. The fourth-order valence-corrected chi connectivity index (χ4v) is 5.24. The zero-order valence-electron chi connectivity index (χ0n) is 21.4. The van der Waals surface area contributed by atoms with Gasteiger partial charge in [0, 0.05) is 28.8 Å². The zero-order valence-corrected chi connectivity index (χ0v) is 21.4. The van der Waals surface area contributed by atoms with Gasteiger partial charge in [0.25, 0.3) is 0 Å². The average Bonchev–Trinajstić information content (AvgIpc) is 2.88. The quantitative estimate of drug-likeness (QED) is 0.427. The van der Waals surface area contributed by atoms with Gasteiger partial charge in [0.15, 0.2) is 17.3 Å². The van der Waals surface area contributed by atoms with Crippen molar-refractivity contribution in [2.24, 2.45) is 5.92 Å². The van der Waals surface area contributed by atoms with Gasteiger partial charge in [0.05, 0.1) is 25.9 Å². The highest BCUT2D eigenvalue weighted by atomic mass is 16.5. The summed E-state index contributed by atoms with van der Waals surface area (Å²) in [5.41, 5.74) is 3.18. The van der Waals surface area contributed by atoms with Crippen molar-refractivity contribution in [3.8, 4) is 11.5 Å². The maximum absolute atomic E-state index is 14.2. The van der Waals surface area contributed by atoms with Gasteiger partial charge in [-0.2, -0.15) is 0 Å². The number of allylic oxidation sites excluding steroid dienone is 3. The molecule has 0 saturated heterocycles. The molecule has 0 aromatic heterocycles. The number of carbonyl (C=O) groups is 3. The van der Waals surface area contributed by atoms with Gasteiger partial charge in [-0.25, -0.2) is 4.79 Å². The summed E-state index contributed by atoms with van der Waals surface area (Å²) in [6.45, 7) is 5.47. The third-order valence-electron chi connectivity index (χ3n) is 6.82. The van der Waals surface area contributed by atoms with Crippen LogP contribution >= 0.6 is 0 Å². The first-order valence-electron chi connectivity index (χ1n) is 12.3. The third-order valence-corrected chi connectivity index (χ3v) is 6.82. The molecule has 8 nitrogen and oxygen atoms in total. The van der Waals surface area contributed by atoms with Crippen molar-refractivity contribution >= 4 is 17.7 Å². The minimum atomic E-state index is -1.08. The van der Waals surface area contributed by atoms with Crippen LogP contribution in [-0.2, 0) is 23.9 Å². The number of carbonyl (C=O) groups excluding carboxylic acids is 3. The Morgan fingerprint density at radius 1 is 1.03 bits per heavy atom. The zero-order chi connectivity index (χ0) is 26.7. The first-order chi connectivity index (χ1) is 17.8. The van der Waals surface area contributed by atoms with E-state index in [1.165, 1.54) is 13.2 Å². The maximum Gasteiger partial charge on any atom is 0.336 e. The fourth-order valence-electron chi connectivity index (χ4n) is 5.24. The van der Waals surface area contributed by atoms with E-state index in [0.717, 1.165) is 5.56 Å². The number of hydrogen-bond acceptors (Lipinski definition) is 8. The van der Waals surface area contributed by atoms with Crippen LogP contribution in [0.5, 0.6) is 11.5 Å². The van der Waals surface area contributed by atoms with Crippen molar-refractivity contribution < 1.29 is 33.7 Å². The van der Waals surface area contributed by atoms with Gasteiger partial charge in [-0.3, -0.25) is 9.59 Å². The molecule has 3 atom stereocenters. The maximum atomic E-state index is 14.2. The summed E-state index contributed by atoms with van der Waals surface area (Å²) in [4.78, 5) is 40.6. The molecule has 1 heterocycles. The SMILES string of the molecule is CCOC(=O)C1=C(C)NC2=C(C(=O)C(C(=O)OCC)C(c3ccccc3)C2)C1c1ccc(O)c(OC)c1. The van der Waals surface area contributed by atoms with E-state index >= 15 is 0 Å². The van der Waals surface area contributed by atoms with Crippen LogP contribution in [0, 0.1) is 5.92 Å². The van der Waals surface area contributed by atoms with E-state index in [-0.39, 0.29) is 30.3 Å². The number of phenolic OH excluding ortho intramolecular Hbond substituents is 1. The molecule has 4 rings (SSSR count). The normalized spacial score (nSPS) is 21.2. The van der Waals surface area contributed by atoms with Gasteiger partial charge >= 0.3 is 11.9 Å². The minimum absolute atomic E-state index is 0.0729. The lowest BCUT2D eigenvalue weighted by molar-refractivity contribution is -0.152. The predicted molar refractivity (Wildman–Crippen MR) is 136 cm³/mol. The van der Waals surface area contributed by atoms with Crippen LogP contribution in [0.4, 0.5) is 0 Å². The summed E-state index contributed by atoms with van der Waals surface area (Å²) in [7, 11) is 1.42. The molecular weight excluding hydrogens is 474 g/mol. The van der Waals surface area contributed by atoms with Gasteiger partial charge in [0.1, 0.15) is 5.92 Å². The molecule has 8 heteroatoms. The number of dihydropyridines is 1. The molecule has 2 N–H and O–H groups in total. The second-order valence-corrected chi connectivity index (χ2v) is 8.96. The van der Waals surface area contributed by atoms with E-state index in [2.05, 4.69) is 5.32 Å². The van der Waals surface area contributed by atoms with Crippen LogP contribution in [0.3, 0.4) is 0 Å². The van der Waals surface area contributed by atoms with Gasteiger partial charge in [-0.15, -0.1) is 0 Å². The van der Waals surface area contributed by atoms with Crippen molar-refractivity contribution in [1.29, 1.82) is 0 Å². The number of esters is 2. The molecule has 0 spiro atoms. The van der Waals surface area contributed by atoms with E-state index in [4.69, 9.17) is 14.2 Å². The summed E-state index contributed by atoms with van der Waals surface area (Å²) < 4.78 is 16.0. The molecular formula is C29H31NO7. The molecule has 0 fully saturated rings. The Kier molecular flexibility index (Phi) is 7.66. The van der Waals surface area contributed by atoms with Crippen molar-refractivity contribution in [2.45, 2.75) is 39.0 Å². The molecule has 2 aromatic carbocycles. The molecule has 0 amide bonds. The highest BCUT2D eigenvalue weighted by molar-refractivity contribution is 6.13. The molecule has 1 aliphatic carbocycles. The molecule has 37 heavy (non-hydrogen) atoms. The van der Waals surface area contributed by atoms with E-state index in [1.807, 2.05) is 30.3 Å². The molecule has 2 aromatic rings. The van der Waals surface area contributed by atoms with E-state index in [1.54, 1.807) is 32.9 Å². The summed E-state index contributed by atoms with van der Waals surface area (Å²) >= 11 is 0. The summed E-state index contributed by atoms with van der Waals surface area (Å²) in [6, 6.07) is 14.1. The van der Waals surface area contributed by atoms with Crippen LogP contribution in [-0.4, -0.2) is 43.2 Å². The largest absolute Gasteiger partial charge is 0.504 e. The number of Topliss-reactive ketones (excluding diaryl/α,β-unsaturated/α-hetero) is 1. The van der Waals surface area contributed by atoms with Gasteiger partial charge < -0.3 is 24.6 Å². The highest BCUT2D eigenvalue weighted by Gasteiger charge is 2.49. The average molecular weight is 506 g/mol. The smallest absolute Gasteiger partial charge is 0.336 e.